The molecule has 0 saturated carbocycles. The number of hydrogen-bond donors (Lipinski definition) is 2. The van der Waals surface area contributed by atoms with Gasteiger partial charge in [-0.25, -0.2) is 0 Å². The molecule has 0 aromatic carbocycles. The Bertz CT molecular complexity index is 388. The molecule has 1 saturated heterocycles. The highest BCUT2D eigenvalue weighted by molar-refractivity contribution is 5.93. The molecule has 1 aliphatic rings. The minimum atomic E-state index is 0.0312. The van der Waals surface area contributed by atoms with Gasteiger partial charge >= 0.3 is 0 Å². The molecule has 0 atom stereocenters. The van der Waals surface area contributed by atoms with Crippen molar-refractivity contribution in [2.24, 2.45) is 0 Å². The van der Waals surface area contributed by atoms with E-state index < -0.39 is 0 Å². The van der Waals surface area contributed by atoms with Crippen molar-refractivity contribution in [1.29, 1.82) is 0 Å². The molecular formula is C11H16N4O. The first kappa shape index (κ1) is 10.9. The fourth-order valence-corrected chi connectivity index (χ4v) is 1.53. The fraction of sp³-hybridized carbons (Fsp3) is 0.455. The standard InChI is InChI=1S/C11H16N4O/c1-9(10-7-12-8-10)11(16)13-4-6-15-5-2-3-14-15/h2-3,5,12H,4,6-8H2,1H3,(H,13,16). The molecule has 1 amide bonds. The average molecular weight is 220 g/mol. The number of nitrogens with zero attached hydrogens (tertiary/aromatic N) is 2. The van der Waals surface area contributed by atoms with E-state index in [1.54, 1.807) is 10.9 Å². The third-order valence-electron chi connectivity index (χ3n) is 2.73. The van der Waals surface area contributed by atoms with Gasteiger partial charge in [0.15, 0.2) is 0 Å². The molecule has 86 valence electrons. The number of amides is 1. The summed E-state index contributed by atoms with van der Waals surface area (Å²) >= 11 is 0. The predicted octanol–water partition coefficient (Wildman–Crippen LogP) is -0.0810. The Morgan fingerprint density at radius 1 is 1.62 bits per heavy atom. The summed E-state index contributed by atoms with van der Waals surface area (Å²) in [7, 11) is 0. The zero-order valence-electron chi connectivity index (χ0n) is 9.36. The van der Waals surface area contributed by atoms with E-state index >= 15 is 0 Å². The van der Waals surface area contributed by atoms with E-state index in [-0.39, 0.29) is 5.91 Å². The molecule has 0 aliphatic carbocycles. The van der Waals surface area contributed by atoms with E-state index in [2.05, 4.69) is 15.7 Å². The van der Waals surface area contributed by atoms with E-state index in [4.69, 9.17) is 0 Å². The zero-order valence-corrected chi connectivity index (χ0v) is 9.36. The van der Waals surface area contributed by atoms with Gasteiger partial charge in [0.05, 0.1) is 6.54 Å². The van der Waals surface area contributed by atoms with E-state index in [9.17, 15) is 4.79 Å². The van der Waals surface area contributed by atoms with Gasteiger partial charge in [0.2, 0.25) is 5.91 Å². The van der Waals surface area contributed by atoms with Crippen LogP contribution in [0.25, 0.3) is 0 Å². The van der Waals surface area contributed by atoms with Crippen molar-refractivity contribution in [3.63, 3.8) is 0 Å². The van der Waals surface area contributed by atoms with Crippen molar-refractivity contribution in [2.45, 2.75) is 13.5 Å². The Morgan fingerprint density at radius 2 is 2.44 bits per heavy atom. The third kappa shape index (κ3) is 2.49. The lowest BCUT2D eigenvalue weighted by molar-refractivity contribution is -0.117. The summed E-state index contributed by atoms with van der Waals surface area (Å²) in [5.41, 5.74) is 2.05. The van der Waals surface area contributed by atoms with Crippen LogP contribution in [0.2, 0.25) is 0 Å². The summed E-state index contributed by atoms with van der Waals surface area (Å²) in [6, 6.07) is 1.87. The van der Waals surface area contributed by atoms with Crippen molar-refractivity contribution in [3.8, 4) is 0 Å². The highest BCUT2D eigenvalue weighted by atomic mass is 16.1. The molecule has 1 aromatic rings. The van der Waals surface area contributed by atoms with Crippen LogP contribution in [0, 0.1) is 0 Å². The predicted molar refractivity (Wildman–Crippen MR) is 60.8 cm³/mol. The Hall–Kier alpha value is -1.62. The van der Waals surface area contributed by atoms with Gasteiger partial charge < -0.3 is 10.6 Å². The van der Waals surface area contributed by atoms with Crippen molar-refractivity contribution >= 4 is 5.91 Å². The maximum absolute atomic E-state index is 11.7. The Kier molecular flexibility index (Phi) is 3.36. The van der Waals surface area contributed by atoms with Crippen LogP contribution >= 0.6 is 0 Å². The highest BCUT2D eigenvalue weighted by Crippen LogP contribution is 2.08. The number of hydrogen-bond acceptors (Lipinski definition) is 3. The summed E-state index contributed by atoms with van der Waals surface area (Å²) in [6.45, 7) is 4.88. The first-order valence-corrected chi connectivity index (χ1v) is 5.42. The number of carbonyl (C=O) groups is 1. The molecule has 0 radical (unpaired) electrons. The maximum atomic E-state index is 11.7. The minimum Gasteiger partial charge on any atom is -0.350 e. The summed E-state index contributed by atoms with van der Waals surface area (Å²) < 4.78 is 1.80. The molecule has 0 unspecified atom stereocenters. The van der Waals surface area contributed by atoms with Crippen molar-refractivity contribution in [1.82, 2.24) is 20.4 Å². The van der Waals surface area contributed by atoms with Gasteiger partial charge in [-0.05, 0) is 18.6 Å². The Morgan fingerprint density at radius 3 is 3.00 bits per heavy atom. The summed E-state index contributed by atoms with van der Waals surface area (Å²) in [5.74, 6) is 0.0312. The van der Waals surface area contributed by atoms with Crippen LogP contribution in [-0.4, -0.2) is 35.3 Å². The van der Waals surface area contributed by atoms with Crippen LogP contribution in [0.1, 0.15) is 6.92 Å². The van der Waals surface area contributed by atoms with E-state index in [1.807, 2.05) is 19.2 Å². The number of nitrogens with one attached hydrogen (secondary N) is 2. The molecule has 5 heteroatoms. The van der Waals surface area contributed by atoms with Gasteiger partial charge in [0.25, 0.3) is 0 Å². The van der Waals surface area contributed by atoms with Crippen LogP contribution in [0.5, 0.6) is 0 Å². The molecule has 1 fully saturated rings. The molecule has 1 aromatic heterocycles. The lowest BCUT2D eigenvalue weighted by Gasteiger charge is -2.21. The number of carbonyl (C=O) groups excluding carboxylic acids is 1. The van der Waals surface area contributed by atoms with Crippen LogP contribution in [-0.2, 0) is 11.3 Å². The molecule has 2 heterocycles. The van der Waals surface area contributed by atoms with E-state index in [1.165, 1.54) is 5.57 Å². The zero-order chi connectivity index (χ0) is 11.4. The molecule has 0 spiro atoms. The van der Waals surface area contributed by atoms with Crippen LogP contribution in [0.4, 0.5) is 0 Å². The van der Waals surface area contributed by atoms with Crippen LogP contribution in [0.3, 0.4) is 0 Å². The normalized spacial score (nSPS) is 14.4. The van der Waals surface area contributed by atoms with Gasteiger partial charge in [-0.3, -0.25) is 9.48 Å². The second kappa shape index (κ2) is 4.94. The molecule has 2 rings (SSSR count). The van der Waals surface area contributed by atoms with Gasteiger partial charge in [-0.15, -0.1) is 0 Å². The van der Waals surface area contributed by atoms with E-state index in [0.29, 0.717) is 13.1 Å². The van der Waals surface area contributed by atoms with Crippen molar-refractivity contribution < 1.29 is 4.79 Å². The number of aromatic nitrogens is 2. The lowest BCUT2D eigenvalue weighted by Crippen LogP contribution is -2.38. The molecule has 2 N–H and O–H groups in total. The monoisotopic (exact) mass is 220 g/mol. The van der Waals surface area contributed by atoms with Gasteiger partial charge in [-0.2, -0.15) is 5.10 Å². The largest absolute Gasteiger partial charge is 0.350 e. The van der Waals surface area contributed by atoms with Gasteiger partial charge in [0.1, 0.15) is 0 Å². The fourth-order valence-electron chi connectivity index (χ4n) is 1.53. The van der Waals surface area contributed by atoms with Gasteiger partial charge in [-0.1, -0.05) is 0 Å². The molecule has 16 heavy (non-hydrogen) atoms. The van der Waals surface area contributed by atoms with Crippen LogP contribution < -0.4 is 10.6 Å². The number of rotatable bonds is 4. The second-order valence-corrected chi connectivity index (χ2v) is 3.86. The smallest absolute Gasteiger partial charge is 0.247 e. The Labute approximate surface area is 94.5 Å². The average Bonchev–Trinajstić information content (AvgIpc) is 2.67. The highest BCUT2D eigenvalue weighted by Gasteiger charge is 2.15. The summed E-state index contributed by atoms with van der Waals surface area (Å²) in [5, 5.41) is 10.1. The SMILES string of the molecule is CC(C(=O)NCCn1cccn1)=C1CNC1. The quantitative estimate of drug-likeness (QED) is 0.698. The topological polar surface area (TPSA) is 59.0 Å². The van der Waals surface area contributed by atoms with E-state index in [0.717, 1.165) is 18.7 Å². The maximum Gasteiger partial charge on any atom is 0.247 e. The Balaban J connectivity index is 1.76. The van der Waals surface area contributed by atoms with Crippen molar-refractivity contribution in [3.05, 3.63) is 29.6 Å². The third-order valence-corrected chi connectivity index (χ3v) is 2.73. The molecular weight excluding hydrogens is 204 g/mol. The summed E-state index contributed by atoms with van der Waals surface area (Å²) in [4.78, 5) is 11.7. The lowest BCUT2D eigenvalue weighted by atomic mass is 10.0. The second-order valence-electron chi connectivity index (χ2n) is 3.86. The van der Waals surface area contributed by atoms with Crippen LogP contribution in [0.15, 0.2) is 29.6 Å². The molecule has 1 aliphatic heterocycles. The minimum absolute atomic E-state index is 0.0312. The van der Waals surface area contributed by atoms with Crippen molar-refractivity contribution in [2.75, 3.05) is 19.6 Å². The summed E-state index contributed by atoms with van der Waals surface area (Å²) in [6.07, 6.45) is 3.61. The molecule has 5 nitrogen and oxygen atoms in total. The van der Waals surface area contributed by atoms with Gasteiger partial charge in [0, 0.05) is 37.6 Å². The first-order chi connectivity index (χ1) is 7.77. The molecule has 0 bridgehead atoms. The first-order valence-electron chi connectivity index (χ1n) is 5.42.